The van der Waals surface area contributed by atoms with Gasteiger partial charge in [-0.2, -0.15) is 0 Å². The third-order valence-corrected chi connectivity index (χ3v) is 3.04. The van der Waals surface area contributed by atoms with Gasteiger partial charge in [0.15, 0.2) is 0 Å². The summed E-state index contributed by atoms with van der Waals surface area (Å²) in [5.74, 6) is 6.01. The molecule has 0 unspecified atom stereocenters. The quantitative estimate of drug-likeness (QED) is 0.699. The topological polar surface area (TPSA) is 3.24 Å². The minimum absolute atomic E-state index is 0.0162. The van der Waals surface area contributed by atoms with Crippen molar-refractivity contribution in [2.45, 2.75) is 34.2 Å². The van der Waals surface area contributed by atoms with E-state index in [2.05, 4.69) is 44.1 Å². The molecule has 0 aromatic heterocycles. The van der Waals surface area contributed by atoms with E-state index in [0.29, 0.717) is 12.1 Å². The zero-order valence-corrected chi connectivity index (χ0v) is 14.3. The third-order valence-electron chi connectivity index (χ3n) is 3.04. The van der Waals surface area contributed by atoms with Crippen LogP contribution in [-0.4, -0.2) is 18.5 Å². The second-order valence-corrected chi connectivity index (χ2v) is 6.70. The van der Waals surface area contributed by atoms with E-state index in [1.807, 2.05) is 32.2 Å². The summed E-state index contributed by atoms with van der Waals surface area (Å²) in [7, 11) is 1.97. The fourth-order valence-corrected chi connectivity index (χ4v) is 1.87. The number of rotatable bonds is 5. The Hall–Kier alpha value is -1.85. The van der Waals surface area contributed by atoms with Crippen LogP contribution in [0.1, 0.15) is 38.8 Å². The summed E-state index contributed by atoms with van der Waals surface area (Å²) in [4.78, 5) is 2.05. The molecule has 2 heteroatoms. The predicted octanol–water partition coefficient (Wildman–Crippen LogP) is 4.90. The van der Waals surface area contributed by atoms with Gasteiger partial charge < -0.3 is 0 Å². The third kappa shape index (κ3) is 6.74. The monoisotopic (exact) mass is 299 g/mol. The van der Waals surface area contributed by atoms with E-state index in [9.17, 15) is 4.39 Å². The molecule has 0 saturated carbocycles. The van der Waals surface area contributed by atoms with Crippen molar-refractivity contribution in [1.82, 2.24) is 4.90 Å². The lowest BCUT2D eigenvalue weighted by Crippen LogP contribution is -2.18. The molecule has 0 aliphatic rings. The van der Waals surface area contributed by atoms with E-state index < -0.39 is 0 Å². The van der Waals surface area contributed by atoms with E-state index >= 15 is 0 Å². The minimum Gasteiger partial charge on any atom is -0.298 e. The molecular formula is C20H26FN. The van der Waals surface area contributed by atoms with Gasteiger partial charge in [-0.3, -0.25) is 4.90 Å². The highest BCUT2D eigenvalue weighted by atomic mass is 19.1. The summed E-state index contributed by atoms with van der Waals surface area (Å²) < 4.78 is 13.9. The van der Waals surface area contributed by atoms with Crippen LogP contribution in [0, 0.1) is 23.1 Å². The molecule has 118 valence electrons. The molecule has 0 spiro atoms. The van der Waals surface area contributed by atoms with Crippen molar-refractivity contribution in [3.05, 3.63) is 53.9 Å². The van der Waals surface area contributed by atoms with Gasteiger partial charge in [0.05, 0.1) is 0 Å². The van der Waals surface area contributed by atoms with Crippen LogP contribution in [0.5, 0.6) is 0 Å². The molecule has 0 radical (unpaired) electrons. The van der Waals surface area contributed by atoms with Gasteiger partial charge in [-0.25, -0.2) is 4.39 Å². The van der Waals surface area contributed by atoms with Crippen LogP contribution in [0.2, 0.25) is 0 Å². The molecule has 0 fully saturated rings. The number of hydrogen-bond acceptors (Lipinski definition) is 1. The number of benzene rings is 1. The highest BCUT2D eigenvalue weighted by Gasteiger charge is 2.06. The van der Waals surface area contributed by atoms with Crippen LogP contribution in [0.25, 0.3) is 5.57 Å². The zero-order chi connectivity index (χ0) is 16.8. The Kier molecular flexibility index (Phi) is 6.59. The second kappa shape index (κ2) is 7.96. The maximum Gasteiger partial charge on any atom is 0.127 e. The smallest absolute Gasteiger partial charge is 0.127 e. The van der Waals surface area contributed by atoms with Crippen molar-refractivity contribution in [2.75, 3.05) is 13.6 Å². The van der Waals surface area contributed by atoms with E-state index in [-0.39, 0.29) is 11.2 Å². The van der Waals surface area contributed by atoms with Crippen LogP contribution < -0.4 is 0 Å². The number of halogens is 1. The maximum atomic E-state index is 13.9. The summed E-state index contributed by atoms with van der Waals surface area (Å²) in [6.07, 6.45) is 3.86. The summed E-state index contributed by atoms with van der Waals surface area (Å²) in [6.45, 7) is 13.4. The van der Waals surface area contributed by atoms with Crippen molar-refractivity contribution in [1.29, 1.82) is 0 Å². The lowest BCUT2D eigenvalue weighted by atomic mass is 9.98. The Labute approximate surface area is 134 Å². The van der Waals surface area contributed by atoms with Gasteiger partial charge in [-0.05, 0) is 58.5 Å². The lowest BCUT2D eigenvalue weighted by molar-refractivity contribution is 0.356. The Morgan fingerprint density at radius 3 is 2.64 bits per heavy atom. The van der Waals surface area contributed by atoms with Crippen molar-refractivity contribution < 1.29 is 4.39 Å². The average Bonchev–Trinajstić information content (AvgIpc) is 2.39. The molecule has 0 bridgehead atoms. The Morgan fingerprint density at radius 1 is 1.36 bits per heavy atom. The second-order valence-electron chi connectivity index (χ2n) is 6.70. The molecule has 0 saturated heterocycles. The number of hydrogen-bond donors (Lipinski definition) is 0. The van der Waals surface area contributed by atoms with Crippen molar-refractivity contribution >= 4 is 5.57 Å². The molecule has 0 aliphatic carbocycles. The number of likely N-dealkylation sites (N-methyl/N-ethyl adjacent to an activating group) is 1. The molecular weight excluding hydrogens is 273 g/mol. The van der Waals surface area contributed by atoms with Crippen LogP contribution >= 0.6 is 0 Å². The molecule has 0 heterocycles. The van der Waals surface area contributed by atoms with Gasteiger partial charge in [-0.15, -0.1) is 0 Å². The molecule has 0 N–H and O–H groups in total. The number of nitrogens with zero attached hydrogens (tertiary/aromatic N) is 1. The Bertz CT molecular complexity index is 609. The summed E-state index contributed by atoms with van der Waals surface area (Å²) in [6, 6.07) is 5.15. The molecule has 1 aromatic rings. The van der Waals surface area contributed by atoms with Crippen molar-refractivity contribution in [3.63, 3.8) is 0 Å². The first-order valence-corrected chi connectivity index (χ1v) is 7.49. The van der Waals surface area contributed by atoms with E-state index in [1.165, 1.54) is 6.07 Å². The normalized spacial score (nSPS) is 11.6. The largest absolute Gasteiger partial charge is 0.298 e. The number of allylic oxidation sites excluding steroid dienone is 2. The zero-order valence-electron chi connectivity index (χ0n) is 14.3. The fraction of sp³-hybridized carbons (Fsp3) is 0.400. The van der Waals surface area contributed by atoms with Crippen molar-refractivity contribution in [2.24, 2.45) is 5.41 Å². The molecule has 0 atom stereocenters. The highest BCUT2D eigenvalue weighted by molar-refractivity contribution is 5.61. The first kappa shape index (κ1) is 18.2. The van der Waals surface area contributed by atoms with Gasteiger partial charge in [-0.1, -0.05) is 36.1 Å². The first-order chi connectivity index (χ1) is 10.2. The fourth-order valence-electron chi connectivity index (χ4n) is 1.87. The first-order valence-electron chi connectivity index (χ1n) is 7.49. The van der Waals surface area contributed by atoms with Gasteiger partial charge in [0.2, 0.25) is 0 Å². The molecule has 22 heavy (non-hydrogen) atoms. The van der Waals surface area contributed by atoms with Crippen molar-refractivity contribution in [3.8, 4) is 11.8 Å². The van der Waals surface area contributed by atoms with E-state index in [4.69, 9.17) is 0 Å². The molecule has 1 aromatic carbocycles. The van der Waals surface area contributed by atoms with Crippen LogP contribution in [-0.2, 0) is 6.54 Å². The summed E-state index contributed by atoms with van der Waals surface area (Å²) >= 11 is 0. The van der Waals surface area contributed by atoms with Crippen LogP contribution in [0.3, 0.4) is 0 Å². The molecule has 1 nitrogen and oxygen atoms in total. The van der Waals surface area contributed by atoms with Gasteiger partial charge in [0.1, 0.15) is 5.82 Å². The summed E-state index contributed by atoms with van der Waals surface area (Å²) in [5, 5.41) is 0. The van der Waals surface area contributed by atoms with E-state index in [1.54, 1.807) is 6.07 Å². The molecule has 0 amide bonds. The highest BCUT2D eigenvalue weighted by Crippen LogP contribution is 2.17. The minimum atomic E-state index is -0.173. The lowest BCUT2D eigenvalue weighted by Gasteiger charge is -2.15. The predicted molar refractivity (Wildman–Crippen MR) is 93.8 cm³/mol. The standard InChI is InChI=1S/C20H26FN/c1-16(2)17-10-11-19(21)18(14-17)15-22(6)13-9-7-8-12-20(3,4)5/h7,9-11,14H,1,13,15H2,2-6H3. The van der Waals surface area contributed by atoms with Gasteiger partial charge >= 0.3 is 0 Å². The van der Waals surface area contributed by atoms with E-state index in [0.717, 1.165) is 17.7 Å². The van der Waals surface area contributed by atoms with Gasteiger partial charge in [0, 0.05) is 24.1 Å². The van der Waals surface area contributed by atoms with Gasteiger partial charge in [0.25, 0.3) is 0 Å². The Morgan fingerprint density at radius 2 is 2.05 bits per heavy atom. The van der Waals surface area contributed by atoms with Crippen LogP contribution in [0.15, 0.2) is 36.9 Å². The average molecular weight is 299 g/mol. The molecule has 0 aliphatic heterocycles. The maximum absolute atomic E-state index is 13.9. The Balaban J connectivity index is 2.63. The summed E-state index contributed by atoms with van der Waals surface area (Å²) in [5.41, 5.74) is 2.64. The van der Waals surface area contributed by atoms with Crippen LogP contribution in [0.4, 0.5) is 4.39 Å². The molecule has 1 rings (SSSR count). The SMILES string of the molecule is C=C(C)c1ccc(F)c(CN(C)CC=CC#CC(C)(C)C)c1.